The number of nitrogens with zero attached hydrogens (tertiary/aromatic N) is 1. The minimum Gasteiger partial charge on any atom is -0.494 e. The zero-order valence-corrected chi connectivity index (χ0v) is 14.9. The number of ether oxygens (including phenoxy) is 1. The van der Waals surface area contributed by atoms with E-state index in [-0.39, 0.29) is 12.0 Å². The second-order valence-corrected chi connectivity index (χ2v) is 6.10. The maximum atomic E-state index is 12.7. The van der Waals surface area contributed by atoms with Crippen molar-refractivity contribution in [3.8, 4) is 5.75 Å². The number of hydrogen-bond acceptors (Lipinski definition) is 5. The first-order valence-corrected chi connectivity index (χ1v) is 8.75. The molecule has 0 fully saturated rings. The summed E-state index contributed by atoms with van der Waals surface area (Å²) >= 11 is 0. The first-order valence-electron chi connectivity index (χ1n) is 8.75. The fraction of sp³-hybridized carbons (Fsp3) is 0.286. The molecule has 5 heteroatoms. The topological polar surface area (TPSA) is 62.9 Å². The van der Waals surface area contributed by atoms with Crippen LogP contribution in [0.15, 0.2) is 64.0 Å². The Morgan fingerprint density at radius 2 is 1.96 bits per heavy atom. The van der Waals surface area contributed by atoms with Crippen LogP contribution in [-0.2, 0) is 13.1 Å². The summed E-state index contributed by atoms with van der Waals surface area (Å²) in [5, 5.41) is 9.98. The van der Waals surface area contributed by atoms with Gasteiger partial charge >= 0.3 is 0 Å². The van der Waals surface area contributed by atoms with Crippen LogP contribution in [0.5, 0.6) is 5.75 Å². The van der Waals surface area contributed by atoms with Gasteiger partial charge in [-0.2, -0.15) is 0 Å². The summed E-state index contributed by atoms with van der Waals surface area (Å²) in [4.78, 5) is 14.7. The first-order chi connectivity index (χ1) is 12.7. The minimum atomic E-state index is -0.0298. The van der Waals surface area contributed by atoms with Crippen LogP contribution < -0.4 is 10.2 Å². The van der Waals surface area contributed by atoms with Crippen LogP contribution in [-0.4, -0.2) is 29.8 Å². The van der Waals surface area contributed by atoms with Crippen molar-refractivity contribution in [1.82, 2.24) is 4.90 Å². The zero-order valence-electron chi connectivity index (χ0n) is 14.9. The van der Waals surface area contributed by atoms with Gasteiger partial charge in [-0.25, -0.2) is 0 Å². The molecule has 0 radical (unpaired) electrons. The molecule has 0 saturated heterocycles. The Labute approximate surface area is 152 Å². The Hall–Kier alpha value is -2.63. The molecule has 1 heterocycles. The van der Waals surface area contributed by atoms with Crippen molar-refractivity contribution >= 4 is 11.0 Å². The van der Waals surface area contributed by atoms with E-state index in [0.29, 0.717) is 42.8 Å². The van der Waals surface area contributed by atoms with E-state index in [2.05, 4.69) is 0 Å². The summed E-state index contributed by atoms with van der Waals surface area (Å²) in [6, 6.07) is 15.1. The molecule has 0 spiro atoms. The van der Waals surface area contributed by atoms with E-state index in [0.717, 1.165) is 11.3 Å². The maximum absolute atomic E-state index is 12.7. The fourth-order valence-corrected chi connectivity index (χ4v) is 2.98. The zero-order chi connectivity index (χ0) is 18.4. The van der Waals surface area contributed by atoms with Crippen molar-refractivity contribution in [2.45, 2.75) is 20.0 Å². The molecule has 2 aromatic carbocycles. The highest BCUT2D eigenvalue weighted by molar-refractivity contribution is 5.76. The molecule has 0 aliphatic heterocycles. The molecule has 3 aromatic rings. The van der Waals surface area contributed by atoms with Gasteiger partial charge in [0.2, 0.25) is 0 Å². The maximum Gasteiger partial charge on any atom is 0.197 e. The Bertz CT molecular complexity index is 919. The summed E-state index contributed by atoms with van der Waals surface area (Å²) < 4.78 is 11.1. The van der Waals surface area contributed by atoms with Crippen molar-refractivity contribution in [2.24, 2.45) is 0 Å². The third-order valence-electron chi connectivity index (χ3n) is 4.18. The predicted molar refractivity (Wildman–Crippen MR) is 101 cm³/mol. The van der Waals surface area contributed by atoms with Crippen molar-refractivity contribution in [3.63, 3.8) is 0 Å². The molecule has 0 atom stereocenters. The van der Waals surface area contributed by atoms with Crippen LogP contribution >= 0.6 is 0 Å². The molecule has 0 unspecified atom stereocenters. The van der Waals surface area contributed by atoms with E-state index >= 15 is 0 Å². The lowest BCUT2D eigenvalue weighted by Crippen LogP contribution is -2.28. The van der Waals surface area contributed by atoms with E-state index in [1.807, 2.05) is 48.2 Å². The molecular formula is C21H23NO4. The van der Waals surface area contributed by atoms with Crippen LogP contribution in [0.4, 0.5) is 0 Å². The van der Waals surface area contributed by atoms with Gasteiger partial charge in [-0.1, -0.05) is 24.3 Å². The van der Waals surface area contributed by atoms with Crippen molar-refractivity contribution in [3.05, 3.63) is 76.1 Å². The second-order valence-electron chi connectivity index (χ2n) is 6.10. The van der Waals surface area contributed by atoms with Gasteiger partial charge in [0.25, 0.3) is 0 Å². The molecule has 26 heavy (non-hydrogen) atoms. The van der Waals surface area contributed by atoms with E-state index in [1.165, 1.54) is 6.26 Å². The molecule has 0 amide bonds. The van der Waals surface area contributed by atoms with E-state index in [4.69, 9.17) is 9.15 Å². The Morgan fingerprint density at radius 3 is 2.77 bits per heavy atom. The monoisotopic (exact) mass is 353 g/mol. The number of aliphatic hydroxyl groups excluding tert-OH is 1. The van der Waals surface area contributed by atoms with Crippen molar-refractivity contribution < 1.29 is 14.3 Å². The van der Waals surface area contributed by atoms with Crippen molar-refractivity contribution in [2.75, 3.05) is 19.8 Å². The summed E-state index contributed by atoms with van der Waals surface area (Å²) in [6.07, 6.45) is 1.52. The third-order valence-corrected chi connectivity index (χ3v) is 4.18. The number of benzene rings is 2. The number of aliphatic hydroxyl groups is 1. The lowest BCUT2D eigenvalue weighted by atomic mass is 10.1. The smallest absolute Gasteiger partial charge is 0.197 e. The highest BCUT2D eigenvalue weighted by atomic mass is 16.5. The lowest BCUT2D eigenvalue weighted by molar-refractivity contribution is 0.183. The summed E-state index contributed by atoms with van der Waals surface area (Å²) in [5.74, 6) is 0.819. The summed E-state index contributed by atoms with van der Waals surface area (Å²) in [6.45, 7) is 4.06. The Kier molecular flexibility index (Phi) is 6.04. The Morgan fingerprint density at radius 1 is 1.12 bits per heavy atom. The molecule has 1 N–H and O–H groups in total. The van der Waals surface area contributed by atoms with Crippen LogP contribution in [0.1, 0.15) is 18.1 Å². The van der Waals surface area contributed by atoms with Crippen LogP contribution in [0.25, 0.3) is 11.0 Å². The molecule has 0 saturated carbocycles. The Balaban J connectivity index is 1.82. The van der Waals surface area contributed by atoms with E-state index in [1.54, 1.807) is 12.1 Å². The van der Waals surface area contributed by atoms with Crippen LogP contribution in [0.3, 0.4) is 0 Å². The van der Waals surface area contributed by atoms with Gasteiger partial charge in [0.1, 0.15) is 11.3 Å². The molecule has 5 nitrogen and oxygen atoms in total. The standard InChI is InChI=1S/C21H23NO4/c1-2-25-18-7-5-6-16(12-18)13-22(10-11-23)14-17-15-26-20-9-4-3-8-19(20)21(17)24/h3-9,12,15,23H,2,10-11,13-14H2,1H3. The van der Waals surface area contributed by atoms with Gasteiger partial charge in [0.05, 0.1) is 24.9 Å². The number of rotatable bonds is 8. The van der Waals surface area contributed by atoms with E-state index in [9.17, 15) is 9.90 Å². The number of para-hydroxylation sites is 1. The van der Waals surface area contributed by atoms with Gasteiger partial charge in [0, 0.05) is 25.2 Å². The minimum absolute atomic E-state index is 0.0179. The third kappa shape index (κ3) is 4.31. The number of hydrogen-bond donors (Lipinski definition) is 1. The highest BCUT2D eigenvalue weighted by Crippen LogP contribution is 2.17. The second kappa shape index (κ2) is 8.65. The average Bonchev–Trinajstić information content (AvgIpc) is 2.65. The quantitative estimate of drug-likeness (QED) is 0.674. The number of fused-ring (bicyclic) bond motifs is 1. The summed E-state index contributed by atoms with van der Waals surface area (Å²) in [7, 11) is 0. The van der Waals surface area contributed by atoms with Crippen LogP contribution in [0.2, 0.25) is 0 Å². The largest absolute Gasteiger partial charge is 0.494 e. The molecule has 1 aromatic heterocycles. The molecule has 0 aliphatic carbocycles. The van der Waals surface area contributed by atoms with Gasteiger partial charge in [0.15, 0.2) is 5.43 Å². The molecule has 3 rings (SSSR count). The SMILES string of the molecule is CCOc1cccc(CN(CCO)Cc2coc3ccccc3c2=O)c1. The first kappa shape index (κ1) is 18.2. The predicted octanol–water partition coefficient (Wildman–Crippen LogP) is 3.19. The average molecular weight is 353 g/mol. The van der Waals surface area contributed by atoms with Crippen molar-refractivity contribution in [1.29, 1.82) is 0 Å². The molecule has 136 valence electrons. The lowest BCUT2D eigenvalue weighted by Gasteiger charge is -2.21. The van der Waals surface area contributed by atoms with E-state index < -0.39 is 0 Å². The van der Waals surface area contributed by atoms with Gasteiger partial charge < -0.3 is 14.3 Å². The normalized spacial score (nSPS) is 11.2. The van der Waals surface area contributed by atoms with Gasteiger partial charge in [-0.15, -0.1) is 0 Å². The fourth-order valence-electron chi connectivity index (χ4n) is 2.98. The van der Waals surface area contributed by atoms with Gasteiger partial charge in [-0.3, -0.25) is 9.69 Å². The van der Waals surface area contributed by atoms with Crippen LogP contribution in [0, 0.1) is 0 Å². The molecule has 0 bridgehead atoms. The highest BCUT2D eigenvalue weighted by Gasteiger charge is 2.12. The van der Waals surface area contributed by atoms with Gasteiger partial charge in [-0.05, 0) is 36.8 Å². The molecule has 0 aliphatic rings. The summed E-state index contributed by atoms with van der Waals surface area (Å²) in [5.41, 5.74) is 2.20. The molecular weight excluding hydrogens is 330 g/mol.